The van der Waals surface area contributed by atoms with Crippen molar-refractivity contribution in [1.29, 1.82) is 0 Å². The third kappa shape index (κ3) is 2.88. The highest BCUT2D eigenvalue weighted by atomic mass is 16.1. The van der Waals surface area contributed by atoms with Crippen molar-refractivity contribution in [3.8, 4) is 0 Å². The van der Waals surface area contributed by atoms with Crippen LogP contribution in [0.4, 0.5) is 0 Å². The van der Waals surface area contributed by atoms with E-state index < -0.39 is 0 Å². The van der Waals surface area contributed by atoms with Gasteiger partial charge in [0.05, 0.1) is 0 Å². The standard InChI is InChI=1S/C32H24O2/c1-19-11-3-5-13-21(19)27-23-15-7-9-17-25(23)31(33)29(27)30-28(22-14-6-4-12-20(22)2)24-16-8-10-18-26(24)32(30)34/h3-18,27-28H,1-2H3/b30-29+/t27-,28-/m1/s1. The molecule has 2 aliphatic rings. The van der Waals surface area contributed by atoms with Crippen LogP contribution in [-0.2, 0) is 0 Å². The molecular formula is C32H24O2. The summed E-state index contributed by atoms with van der Waals surface area (Å²) in [7, 11) is 0. The van der Waals surface area contributed by atoms with E-state index in [2.05, 4.69) is 38.1 Å². The number of Topliss-reactive ketones (excluding diaryl/α,β-unsaturated/α-hetero) is 2. The summed E-state index contributed by atoms with van der Waals surface area (Å²) in [4.78, 5) is 28.1. The van der Waals surface area contributed by atoms with Crippen molar-refractivity contribution in [2.24, 2.45) is 0 Å². The van der Waals surface area contributed by atoms with Gasteiger partial charge in [-0.3, -0.25) is 9.59 Å². The Labute approximate surface area is 199 Å². The van der Waals surface area contributed by atoms with E-state index in [9.17, 15) is 9.59 Å². The minimum absolute atomic E-state index is 0.0291. The smallest absolute Gasteiger partial charge is 0.190 e. The lowest BCUT2D eigenvalue weighted by Crippen LogP contribution is -2.14. The first-order chi connectivity index (χ1) is 16.6. The summed E-state index contributed by atoms with van der Waals surface area (Å²) in [6.45, 7) is 4.15. The zero-order chi connectivity index (χ0) is 23.4. The second-order valence-corrected chi connectivity index (χ2v) is 9.24. The van der Waals surface area contributed by atoms with E-state index in [-0.39, 0.29) is 23.4 Å². The average Bonchev–Trinajstić information content (AvgIpc) is 3.31. The van der Waals surface area contributed by atoms with Crippen molar-refractivity contribution >= 4 is 11.6 Å². The highest BCUT2D eigenvalue weighted by Gasteiger charge is 2.45. The lowest BCUT2D eigenvalue weighted by atomic mass is 9.79. The Kier molecular flexibility index (Phi) is 4.70. The van der Waals surface area contributed by atoms with Crippen LogP contribution in [0, 0.1) is 13.8 Å². The fraction of sp³-hybridized carbons (Fsp3) is 0.125. The lowest BCUT2D eigenvalue weighted by Gasteiger charge is -2.22. The van der Waals surface area contributed by atoms with Gasteiger partial charge in [-0.2, -0.15) is 0 Å². The molecule has 0 unspecified atom stereocenters. The van der Waals surface area contributed by atoms with Crippen LogP contribution >= 0.6 is 0 Å². The van der Waals surface area contributed by atoms with Crippen molar-refractivity contribution in [2.75, 3.05) is 0 Å². The van der Waals surface area contributed by atoms with Crippen LogP contribution in [0.1, 0.15) is 65.9 Å². The molecular weight excluding hydrogens is 416 g/mol. The number of benzene rings is 4. The molecule has 0 N–H and O–H groups in total. The number of aryl methyl sites for hydroxylation is 2. The molecule has 2 atom stereocenters. The van der Waals surface area contributed by atoms with Crippen molar-refractivity contribution < 1.29 is 9.59 Å². The molecule has 0 bridgehead atoms. The Bertz CT molecular complexity index is 1410. The Morgan fingerprint density at radius 3 is 1.15 bits per heavy atom. The fourth-order valence-electron chi connectivity index (χ4n) is 5.80. The molecule has 6 rings (SSSR count). The van der Waals surface area contributed by atoms with E-state index in [1.165, 1.54) is 0 Å². The molecule has 34 heavy (non-hydrogen) atoms. The Morgan fingerprint density at radius 2 is 0.765 bits per heavy atom. The number of fused-ring (bicyclic) bond motifs is 2. The third-order valence-corrected chi connectivity index (χ3v) is 7.39. The summed E-state index contributed by atoms with van der Waals surface area (Å²) < 4.78 is 0. The molecule has 0 aromatic heterocycles. The van der Waals surface area contributed by atoms with E-state index in [1.807, 2.05) is 72.8 Å². The maximum Gasteiger partial charge on any atom is 0.190 e. The topological polar surface area (TPSA) is 34.1 Å². The number of ketones is 2. The van der Waals surface area contributed by atoms with Gasteiger partial charge in [-0.05, 0) is 47.2 Å². The van der Waals surface area contributed by atoms with Crippen LogP contribution < -0.4 is 0 Å². The zero-order valence-electron chi connectivity index (χ0n) is 19.2. The summed E-state index contributed by atoms with van der Waals surface area (Å²) >= 11 is 0. The molecule has 0 saturated carbocycles. The normalized spacial score (nSPS) is 21.0. The van der Waals surface area contributed by atoms with E-state index in [0.29, 0.717) is 22.3 Å². The van der Waals surface area contributed by atoms with Crippen molar-refractivity contribution in [2.45, 2.75) is 25.7 Å². The van der Waals surface area contributed by atoms with Gasteiger partial charge in [0.1, 0.15) is 0 Å². The number of carbonyl (C=O) groups excluding carboxylic acids is 2. The monoisotopic (exact) mass is 440 g/mol. The summed E-state index contributed by atoms with van der Waals surface area (Å²) in [5.41, 5.74) is 9.02. The average molecular weight is 441 g/mol. The largest absolute Gasteiger partial charge is 0.289 e. The highest BCUT2D eigenvalue weighted by Crippen LogP contribution is 2.51. The molecule has 2 nitrogen and oxygen atoms in total. The SMILES string of the molecule is Cc1ccccc1[C@H]1/C(=C2\C(=O)c3ccccc3[C@H]2c2ccccc2C)C(=O)c2ccccc21. The van der Waals surface area contributed by atoms with Gasteiger partial charge in [0.25, 0.3) is 0 Å². The predicted octanol–water partition coefficient (Wildman–Crippen LogP) is 6.96. The number of carbonyl (C=O) groups is 2. The highest BCUT2D eigenvalue weighted by molar-refractivity contribution is 6.24. The number of hydrogen-bond donors (Lipinski definition) is 0. The Morgan fingerprint density at radius 1 is 0.441 bits per heavy atom. The summed E-state index contributed by atoms with van der Waals surface area (Å²) in [6.07, 6.45) is 0. The first kappa shape index (κ1) is 20.6. The first-order valence-corrected chi connectivity index (χ1v) is 11.7. The van der Waals surface area contributed by atoms with E-state index in [1.54, 1.807) is 0 Å². The molecule has 2 aliphatic carbocycles. The quantitative estimate of drug-likeness (QED) is 0.316. The number of allylic oxidation sites excluding steroid dienone is 2. The maximum atomic E-state index is 14.0. The Hall–Kier alpha value is -4.04. The molecule has 0 spiro atoms. The summed E-state index contributed by atoms with van der Waals surface area (Å²) in [5.74, 6) is -0.577. The minimum Gasteiger partial charge on any atom is -0.289 e. The summed E-state index contributed by atoms with van der Waals surface area (Å²) in [6, 6.07) is 32.0. The van der Waals surface area contributed by atoms with Crippen LogP contribution in [-0.4, -0.2) is 11.6 Å². The maximum absolute atomic E-state index is 14.0. The Balaban J connectivity index is 1.71. The fourth-order valence-corrected chi connectivity index (χ4v) is 5.80. The second kappa shape index (κ2) is 7.78. The van der Waals surface area contributed by atoms with Crippen LogP contribution in [0.3, 0.4) is 0 Å². The van der Waals surface area contributed by atoms with Gasteiger partial charge in [-0.25, -0.2) is 0 Å². The van der Waals surface area contributed by atoms with Crippen molar-refractivity contribution in [3.63, 3.8) is 0 Å². The molecule has 0 aliphatic heterocycles. The van der Waals surface area contributed by atoms with Crippen molar-refractivity contribution in [1.82, 2.24) is 0 Å². The molecule has 4 aromatic carbocycles. The van der Waals surface area contributed by atoms with Crippen molar-refractivity contribution in [3.05, 3.63) is 153 Å². The van der Waals surface area contributed by atoms with E-state index in [4.69, 9.17) is 0 Å². The third-order valence-electron chi connectivity index (χ3n) is 7.39. The number of rotatable bonds is 2. The van der Waals surface area contributed by atoms with Gasteiger partial charge < -0.3 is 0 Å². The van der Waals surface area contributed by atoms with E-state index in [0.717, 1.165) is 33.4 Å². The van der Waals surface area contributed by atoms with Gasteiger partial charge in [0.2, 0.25) is 0 Å². The van der Waals surface area contributed by atoms with Gasteiger partial charge in [0, 0.05) is 34.1 Å². The molecule has 0 heterocycles. The lowest BCUT2D eigenvalue weighted by molar-refractivity contribution is 0.100. The van der Waals surface area contributed by atoms with Gasteiger partial charge >= 0.3 is 0 Å². The first-order valence-electron chi connectivity index (χ1n) is 11.7. The van der Waals surface area contributed by atoms with Crippen LogP contribution in [0.5, 0.6) is 0 Å². The molecule has 0 radical (unpaired) electrons. The molecule has 0 amide bonds. The van der Waals surface area contributed by atoms with Gasteiger partial charge in [-0.15, -0.1) is 0 Å². The zero-order valence-corrected chi connectivity index (χ0v) is 19.2. The van der Waals surface area contributed by atoms with Crippen LogP contribution in [0.2, 0.25) is 0 Å². The van der Waals surface area contributed by atoms with E-state index >= 15 is 0 Å². The molecule has 0 fully saturated rings. The molecule has 164 valence electrons. The molecule has 0 saturated heterocycles. The van der Waals surface area contributed by atoms with Crippen LogP contribution in [0.25, 0.3) is 0 Å². The summed E-state index contributed by atoms with van der Waals surface area (Å²) in [5, 5.41) is 0. The molecule has 2 heteroatoms. The second-order valence-electron chi connectivity index (χ2n) is 9.24. The van der Waals surface area contributed by atoms with Crippen LogP contribution in [0.15, 0.2) is 108 Å². The van der Waals surface area contributed by atoms with Gasteiger partial charge in [0.15, 0.2) is 11.6 Å². The van der Waals surface area contributed by atoms with Gasteiger partial charge in [-0.1, -0.05) is 97.1 Å². The number of hydrogen-bond acceptors (Lipinski definition) is 2. The molecule has 4 aromatic rings. The predicted molar refractivity (Wildman–Crippen MR) is 135 cm³/mol. The minimum atomic E-state index is -0.260.